The number of anilines is 1. The second kappa shape index (κ2) is 3.53. The maximum Gasteiger partial charge on any atom is 0.150 e. The van der Waals surface area contributed by atoms with E-state index in [1.165, 1.54) is 0 Å². The highest BCUT2D eigenvalue weighted by Gasteiger charge is 1.96. The van der Waals surface area contributed by atoms with E-state index in [2.05, 4.69) is 10.2 Å². The van der Waals surface area contributed by atoms with E-state index >= 15 is 0 Å². The number of aromatic nitrogens is 2. The average Bonchev–Trinajstić information content (AvgIpc) is 2.05. The SMILES string of the molecule is CN(C)c1ccc(CCl)nn1. The Balaban J connectivity index is 2.83. The lowest BCUT2D eigenvalue weighted by Gasteiger charge is -2.09. The molecule has 3 nitrogen and oxygen atoms in total. The van der Waals surface area contributed by atoms with Gasteiger partial charge >= 0.3 is 0 Å². The molecule has 1 rings (SSSR count). The normalized spacial score (nSPS) is 9.73. The van der Waals surface area contributed by atoms with Crippen molar-refractivity contribution < 1.29 is 0 Å². The third-order valence-electron chi connectivity index (χ3n) is 1.30. The quantitative estimate of drug-likeness (QED) is 0.628. The lowest BCUT2D eigenvalue weighted by molar-refractivity contribution is 0.927. The zero-order chi connectivity index (χ0) is 8.27. The van der Waals surface area contributed by atoms with E-state index in [4.69, 9.17) is 11.6 Å². The second-order valence-electron chi connectivity index (χ2n) is 2.41. The van der Waals surface area contributed by atoms with E-state index < -0.39 is 0 Å². The summed E-state index contributed by atoms with van der Waals surface area (Å²) in [6.45, 7) is 0. The van der Waals surface area contributed by atoms with Gasteiger partial charge in [0.2, 0.25) is 0 Å². The largest absolute Gasteiger partial charge is 0.361 e. The van der Waals surface area contributed by atoms with Gasteiger partial charge in [0.15, 0.2) is 5.82 Å². The number of hydrogen-bond acceptors (Lipinski definition) is 3. The smallest absolute Gasteiger partial charge is 0.150 e. The Morgan fingerprint density at radius 3 is 2.45 bits per heavy atom. The molecular weight excluding hydrogens is 162 g/mol. The zero-order valence-corrected chi connectivity index (χ0v) is 7.34. The predicted molar refractivity (Wildman–Crippen MR) is 45.9 cm³/mol. The Morgan fingerprint density at radius 1 is 1.36 bits per heavy atom. The minimum atomic E-state index is 0.417. The number of halogens is 1. The molecule has 0 aliphatic carbocycles. The number of nitrogens with zero attached hydrogens (tertiary/aromatic N) is 3. The van der Waals surface area contributed by atoms with Crippen LogP contribution in [0.25, 0.3) is 0 Å². The van der Waals surface area contributed by atoms with Crippen molar-refractivity contribution in [2.24, 2.45) is 0 Å². The van der Waals surface area contributed by atoms with Gasteiger partial charge in [-0.05, 0) is 12.1 Å². The summed E-state index contributed by atoms with van der Waals surface area (Å²) >= 11 is 5.54. The lowest BCUT2D eigenvalue weighted by atomic mass is 10.4. The highest BCUT2D eigenvalue weighted by Crippen LogP contribution is 2.05. The molecule has 0 N–H and O–H groups in total. The number of hydrogen-bond donors (Lipinski definition) is 0. The van der Waals surface area contributed by atoms with Crippen molar-refractivity contribution in [2.45, 2.75) is 5.88 Å². The predicted octanol–water partition coefficient (Wildman–Crippen LogP) is 1.28. The standard InChI is InChI=1S/C7H10ClN3/c1-11(2)7-4-3-6(5-8)9-10-7/h3-4H,5H2,1-2H3. The Hall–Kier alpha value is -0.830. The third kappa shape index (κ3) is 2.05. The Kier molecular flexibility index (Phi) is 2.65. The van der Waals surface area contributed by atoms with Crippen LogP contribution in [0.4, 0.5) is 5.82 Å². The van der Waals surface area contributed by atoms with Gasteiger partial charge in [-0.3, -0.25) is 0 Å². The molecule has 0 fully saturated rings. The summed E-state index contributed by atoms with van der Waals surface area (Å²) in [5, 5.41) is 7.84. The minimum Gasteiger partial charge on any atom is -0.361 e. The van der Waals surface area contributed by atoms with Crippen molar-refractivity contribution in [2.75, 3.05) is 19.0 Å². The first-order chi connectivity index (χ1) is 5.24. The molecule has 0 unspecified atom stereocenters. The molecule has 1 heterocycles. The van der Waals surface area contributed by atoms with Gasteiger partial charge in [-0.25, -0.2) is 0 Å². The molecule has 0 radical (unpaired) electrons. The summed E-state index contributed by atoms with van der Waals surface area (Å²) in [7, 11) is 3.84. The molecule has 0 saturated carbocycles. The zero-order valence-electron chi connectivity index (χ0n) is 6.58. The molecule has 0 aromatic carbocycles. The molecule has 60 valence electrons. The summed E-state index contributed by atoms with van der Waals surface area (Å²) in [4.78, 5) is 1.89. The topological polar surface area (TPSA) is 29.0 Å². The van der Waals surface area contributed by atoms with Crippen molar-refractivity contribution >= 4 is 17.4 Å². The molecule has 1 aromatic rings. The van der Waals surface area contributed by atoms with Crippen molar-refractivity contribution in [1.29, 1.82) is 0 Å². The van der Waals surface area contributed by atoms with Gasteiger partial charge in [0.05, 0.1) is 11.6 Å². The van der Waals surface area contributed by atoms with Crippen LogP contribution < -0.4 is 4.90 Å². The number of rotatable bonds is 2. The molecule has 0 amide bonds. The van der Waals surface area contributed by atoms with Crippen LogP contribution in [0, 0.1) is 0 Å². The van der Waals surface area contributed by atoms with Crippen LogP contribution >= 0.6 is 11.6 Å². The summed E-state index contributed by atoms with van der Waals surface area (Å²) in [5.74, 6) is 1.26. The molecular formula is C7H10ClN3. The van der Waals surface area contributed by atoms with Crippen LogP contribution in [0.2, 0.25) is 0 Å². The van der Waals surface area contributed by atoms with E-state index in [1.807, 2.05) is 31.1 Å². The third-order valence-corrected chi connectivity index (χ3v) is 1.57. The van der Waals surface area contributed by atoms with E-state index in [1.54, 1.807) is 0 Å². The van der Waals surface area contributed by atoms with Gasteiger partial charge in [0.1, 0.15) is 0 Å². The van der Waals surface area contributed by atoms with Gasteiger partial charge in [-0.15, -0.1) is 16.7 Å². The highest BCUT2D eigenvalue weighted by molar-refractivity contribution is 6.16. The Bertz CT molecular complexity index is 220. The van der Waals surface area contributed by atoms with Gasteiger partial charge in [0, 0.05) is 14.1 Å². The molecule has 0 spiro atoms. The fourth-order valence-electron chi connectivity index (χ4n) is 0.663. The first kappa shape index (κ1) is 8.27. The van der Waals surface area contributed by atoms with Crippen LogP contribution in [0.15, 0.2) is 12.1 Å². The molecule has 0 aliphatic rings. The molecule has 0 saturated heterocycles. The van der Waals surface area contributed by atoms with Crippen LogP contribution in [0.3, 0.4) is 0 Å². The van der Waals surface area contributed by atoms with Gasteiger partial charge < -0.3 is 4.90 Å². The molecule has 0 atom stereocenters. The van der Waals surface area contributed by atoms with Crippen molar-refractivity contribution in [1.82, 2.24) is 10.2 Å². The molecule has 0 bridgehead atoms. The fraction of sp³-hybridized carbons (Fsp3) is 0.429. The fourth-order valence-corrected chi connectivity index (χ4v) is 0.805. The summed E-state index contributed by atoms with van der Waals surface area (Å²) in [5.41, 5.74) is 0.803. The minimum absolute atomic E-state index is 0.417. The Labute approximate surface area is 71.0 Å². The van der Waals surface area contributed by atoms with Crippen LogP contribution in [-0.2, 0) is 5.88 Å². The molecule has 0 aliphatic heterocycles. The van der Waals surface area contributed by atoms with Gasteiger partial charge in [-0.2, -0.15) is 5.10 Å². The Morgan fingerprint density at radius 2 is 2.09 bits per heavy atom. The van der Waals surface area contributed by atoms with Crippen LogP contribution in [-0.4, -0.2) is 24.3 Å². The van der Waals surface area contributed by atoms with Gasteiger partial charge in [-0.1, -0.05) is 0 Å². The van der Waals surface area contributed by atoms with Crippen LogP contribution in [0.1, 0.15) is 5.69 Å². The second-order valence-corrected chi connectivity index (χ2v) is 2.68. The van der Waals surface area contributed by atoms with Gasteiger partial charge in [0.25, 0.3) is 0 Å². The monoisotopic (exact) mass is 171 g/mol. The molecule has 4 heteroatoms. The van der Waals surface area contributed by atoms with E-state index in [-0.39, 0.29) is 0 Å². The van der Waals surface area contributed by atoms with Crippen molar-refractivity contribution in [3.8, 4) is 0 Å². The first-order valence-electron chi connectivity index (χ1n) is 3.30. The number of alkyl halides is 1. The maximum absolute atomic E-state index is 5.54. The van der Waals surface area contributed by atoms with E-state index in [0.717, 1.165) is 11.5 Å². The van der Waals surface area contributed by atoms with Crippen LogP contribution in [0.5, 0.6) is 0 Å². The van der Waals surface area contributed by atoms with Crippen molar-refractivity contribution in [3.63, 3.8) is 0 Å². The van der Waals surface area contributed by atoms with E-state index in [0.29, 0.717) is 5.88 Å². The summed E-state index contributed by atoms with van der Waals surface area (Å²) < 4.78 is 0. The van der Waals surface area contributed by atoms with Crippen molar-refractivity contribution in [3.05, 3.63) is 17.8 Å². The molecule has 1 aromatic heterocycles. The highest BCUT2D eigenvalue weighted by atomic mass is 35.5. The average molecular weight is 172 g/mol. The maximum atomic E-state index is 5.54. The lowest BCUT2D eigenvalue weighted by Crippen LogP contribution is -2.11. The van der Waals surface area contributed by atoms with E-state index in [9.17, 15) is 0 Å². The summed E-state index contributed by atoms with van der Waals surface area (Å²) in [6, 6.07) is 3.76. The first-order valence-corrected chi connectivity index (χ1v) is 3.83. The molecule has 11 heavy (non-hydrogen) atoms. The summed E-state index contributed by atoms with van der Waals surface area (Å²) in [6.07, 6.45) is 0.